The number of unbranched alkanes of at least 4 members (excludes halogenated alkanes) is 1. The molecular weight excluding hydrogens is 204 g/mol. The molecule has 0 bridgehead atoms. The molecule has 1 aromatic carbocycles. The van der Waals surface area contributed by atoms with Crippen molar-refractivity contribution in [2.24, 2.45) is 0 Å². The maximum atomic E-state index is 4.61. The number of aryl methyl sites for hydroxylation is 1. The van der Waals surface area contributed by atoms with Crippen molar-refractivity contribution in [3.05, 3.63) is 29.3 Å². The van der Waals surface area contributed by atoms with E-state index < -0.39 is 0 Å². The number of rotatable bonds is 5. The summed E-state index contributed by atoms with van der Waals surface area (Å²) in [5.74, 6) is 0. The lowest BCUT2D eigenvalue weighted by atomic mass is 10.2. The zero-order valence-electron chi connectivity index (χ0n) is 8.99. The highest BCUT2D eigenvalue weighted by Crippen LogP contribution is 2.22. The molecular formula is C12H16N2S. The fourth-order valence-corrected chi connectivity index (χ4v) is 2.61. The maximum Gasteiger partial charge on any atom is 0.0938 e. The third-order valence-electron chi connectivity index (χ3n) is 2.41. The van der Waals surface area contributed by atoms with E-state index >= 15 is 0 Å². The number of fused-ring (bicyclic) bond motifs is 1. The summed E-state index contributed by atoms with van der Waals surface area (Å²) in [5.41, 5.74) is 1.14. The molecule has 0 aliphatic carbocycles. The van der Waals surface area contributed by atoms with Gasteiger partial charge in [-0.05, 0) is 45.0 Å². The van der Waals surface area contributed by atoms with Crippen LogP contribution in [0.2, 0.25) is 0 Å². The Labute approximate surface area is 94.3 Å². The summed E-state index contributed by atoms with van der Waals surface area (Å²) in [5, 5.41) is 4.43. The van der Waals surface area contributed by atoms with Crippen LogP contribution in [0.3, 0.4) is 0 Å². The molecule has 0 amide bonds. The minimum absolute atomic E-state index is 1.10. The lowest BCUT2D eigenvalue weighted by Crippen LogP contribution is -2.07. The zero-order chi connectivity index (χ0) is 10.5. The number of aromatic nitrogens is 1. The average Bonchev–Trinajstić information content (AvgIpc) is 2.67. The van der Waals surface area contributed by atoms with Crippen LogP contribution in [-0.2, 0) is 6.42 Å². The summed E-state index contributed by atoms with van der Waals surface area (Å²) in [7, 11) is 2.00. The number of nitrogens with one attached hydrogen (secondary N) is 1. The van der Waals surface area contributed by atoms with Gasteiger partial charge in [-0.25, -0.2) is 4.98 Å². The van der Waals surface area contributed by atoms with Crippen molar-refractivity contribution in [3.8, 4) is 0 Å². The molecule has 2 aromatic rings. The quantitative estimate of drug-likeness (QED) is 0.784. The third kappa shape index (κ3) is 2.76. The average molecular weight is 220 g/mol. The molecule has 80 valence electrons. The molecule has 2 nitrogen and oxygen atoms in total. The minimum Gasteiger partial charge on any atom is -0.320 e. The summed E-state index contributed by atoms with van der Waals surface area (Å²) in [6, 6.07) is 8.35. The first-order valence-electron chi connectivity index (χ1n) is 5.39. The van der Waals surface area contributed by atoms with Crippen molar-refractivity contribution >= 4 is 21.6 Å². The first-order valence-corrected chi connectivity index (χ1v) is 6.21. The van der Waals surface area contributed by atoms with Gasteiger partial charge in [-0.1, -0.05) is 12.1 Å². The molecule has 0 radical (unpaired) electrons. The molecule has 3 heteroatoms. The number of para-hydroxylation sites is 1. The smallest absolute Gasteiger partial charge is 0.0938 e. The van der Waals surface area contributed by atoms with Gasteiger partial charge in [0, 0.05) is 0 Å². The molecule has 0 atom stereocenters. The maximum absolute atomic E-state index is 4.61. The van der Waals surface area contributed by atoms with Crippen LogP contribution in [0.5, 0.6) is 0 Å². The molecule has 0 fully saturated rings. The summed E-state index contributed by atoms with van der Waals surface area (Å²) >= 11 is 1.82. The van der Waals surface area contributed by atoms with Crippen LogP contribution in [0.1, 0.15) is 17.8 Å². The second kappa shape index (κ2) is 5.24. The van der Waals surface area contributed by atoms with Gasteiger partial charge in [-0.3, -0.25) is 0 Å². The van der Waals surface area contributed by atoms with E-state index in [4.69, 9.17) is 0 Å². The van der Waals surface area contributed by atoms with Crippen LogP contribution >= 0.6 is 11.3 Å². The van der Waals surface area contributed by atoms with Crippen molar-refractivity contribution in [3.63, 3.8) is 0 Å². The molecule has 2 rings (SSSR count). The Morgan fingerprint density at radius 3 is 2.93 bits per heavy atom. The Morgan fingerprint density at radius 1 is 1.27 bits per heavy atom. The van der Waals surface area contributed by atoms with Gasteiger partial charge >= 0.3 is 0 Å². The van der Waals surface area contributed by atoms with Gasteiger partial charge in [0.15, 0.2) is 0 Å². The Hall–Kier alpha value is -0.930. The molecule has 1 aromatic heterocycles. The zero-order valence-corrected chi connectivity index (χ0v) is 9.81. The summed E-state index contributed by atoms with van der Waals surface area (Å²) in [4.78, 5) is 4.61. The Balaban J connectivity index is 1.97. The van der Waals surface area contributed by atoms with E-state index in [0.29, 0.717) is 0 Å². The van der Waals surface area contributed by atoms with E-state index in [1.54, 1.807) is 0 Å². The van der Waals surface area contributed by atoms with E-state index in [0.717, 1.165) is 18.5 Å². The lowest BCUT2D eigenvalue weighted by molar-refractivity contribution is 0.676. The van der Waals surface area contributed by atoms with Crippen LogP contribution in [0.4, 0.5) is 0 Å². The van der Waals surface area contributed by atoms with Gasteiger partial charge in [0.2, 0.25) is 0 Å². The molecule has 0 aliphatic rings. The van der Waals surface area contributed by atoms with E-state index in [2.05, 4.69) is 28.5 Å². The Morgan fingerprint density at radius 2 is 2.13 bits per heavy atom. The second-order valence-electron chi connectivity index (χ2n) is 3.64. The van der Waals surface area contributed by atoms with Crippen molar-refractivity contribution in [2.75, 3.05) is 13.6 Å². The fraction of sp³-hybridized carbons (Fsp3) is 0.417. The van der Waals surface area contributed by atoms with Crippen LogP contribution in [0.25, 0.3) is 10.2 Å². The van der Waals surface area contributed by atoms with Gasteiger partial charge in [0.25, 0.3) is 0 Å². The number of nitrogens with zero attached hydrogens (tertiary/aromatic N) is 1. The van der Waals surface area contributed by atoms with Crippen molar-refractivity contribution < 1.29 is 0 Å². The van der Waals surface area contributed by atoms with Crippen LogP contribution < -0.4 is 5.32 Å². The summed E-state index contributed by atoms with van der Waals surface area (Å²) in [6.45, 7) is 1.10. The highest BCUT2D eigenvalue weighted by atomic mass is 32.1. The van der Waals surface area contributed by atoms with Crippen LogP contribution in [-0.4, -0.2) is 18.6 Å². The van der Waals surface area contributed by atoms with Gasteiger partial charge in [-0.15, -0.1) is 11.3 Å². The Kier molecular flexibility index (Phi) is 3.69. The Bertz CT molecular complexity index is 389. The molecule has 0 saturated carbocycles. The van der Waals surface area contributed by atoms with Crippen LogP contribution in [0.15, 0.2) is 24.3 Å². The van der Waals surface area contributed by atoms with Gasteiger partial charge < -0.3 is 5.32 Å². The predicted octanol–water partition coefficient (Wildman–Crippen LogP) is 2.84. The number of hydrogen-bond donors (Lipinski definition) is 1. The SMILES string of the molecule is CNCCCCc1nc2ccccc2s1. The molecule has 0 aliphatic heterocycles. The number of thiazole rings is 1. The highest BCUT2D eigenvalue weighted by molar-refractivity contribution is 7.18. The van der Waals surface area contributed by atoms with Gasteiger partial charge in [-0.2, -0.15) is 0 Å². The monoisotopic (exact) mass is 220 g/mol. The standard InChI is InChI=1S/C12H16N2S/c1-13-9-5-4-8-12-14-10-6-2-3-7-11(10)15-12/h2-3,6-7,13H,4-5,8-9H2,1H3. The first kappa shape index (κ1) is 10.6. The van der Waals surface area contributed by atoms with Crippen LogP contribution in [0, 0.1) is 0 Å². The molecule has 1 N–H and O–H groups in total. The molecule has 15 heavy (non-hydrogen) atoms. The predicted molar refractivity (Wildman–Crippen MR) is 66.5 cm³/mol. The number of hydrogen-bond acceptors (Lipinski definition) is 3. The fourth-order valence-electron chi connectivity index (χ4n) is 1.60. The molecule has 1 heterocycles. The van der Waals surface area contributed by atoms with Gasteiger partial charge in [0.1, 0.15) is 0 Å². The van der Waals surface area contributed by atoms with Crippen molar-refractivity contribution in [1.29, 1.82) is 0 Å². The van der Waals surface area contributed by atoms with E-state index in [1.165, 1.54) is 22.5 Å². The highest BCUT2D eigenvalue weighted by Gasteiger charge is 2.01. The van der Waals surface area contributed by atoms with E-state index in [-0.39, 0.29) is 0 Å². The van der Waals surface area contributed by atoms with Crippen molar-refractivity contribution in [1.82, 2.24) is 10.3 Å². The second-order valence-corrected chi connectivity index (χ2v) is 4.75. The lowest BCUT2D eigenvalue weighted by Gasteiger charge is -1.96. The summed E-state index contributed by atoms with van der Waals surface area (Å²) in [6.07, 6.45) is 3.56. The molecule has 0 spiro atoms. The molecule has 0 unspecified atom stereocenters. The topological polar surface area (TPSA) is 24.9 Å². The largest absolute Gasteiger partial charge is 0.320 e. The van der Waals surface area contributed by atoms with Crippen molar-refractivity contribution in [2.45, 2.75) is 19.3 Å². The summed E-state index contributed by atoms with van der Waals surface area (Å²) < 4.78 is 1.31. The number of benzene rings is 1. The first-order chi connectivity index (χ1) is 7.40. The van der Waals surface area contributed by atoms with E-state index in [1.807, 2.05) is 24.5 Å². The van der Waals surface area contributed by atoms with E-state index in [9.17, 15) is 0 Å². The third-order valence-corrected chi connectivity index (χ3v) is 3.50. The normalized spacial score (nSPS) is 11.0. The molecule has 0 saturated heterocycles. The minimum atomic E-state index is 1.10. The van der Waals surface area contributed by atoms with Gasteiger partial charge in [0.05, 0.1) is 15.2 Å².